The summed E-state index contributed by atoms with van der Waals surface area (Å²) in [6.45, 7) is 0.193. The van der Waals surface area contributed by atoms with Gasteiger partial charge in [0.15, 0.2) is 11.0 Å². The summed E-state index contributed by atoms with van der Waals surface area (Å²) in [5, 5.41) is 15.6. The van der Waals surface area contributed by atoms with Crippen molar-refractivity contribution in [1.82, 2.24) is 20.1 Å². The van der Waals surface area contributed by atoms with Crippen LogP contribution in [0.15, 0.2) is 90.1 Å². The first kappa shape index (κ1) is 23.5. The monoisotopic (exact) mass is 491 g/mol. The third-order valence-corrected chi connectivity index (χ3v) is 6.03. The van der Waals surface area contributed by atoms with Crippen LogP contribution in [0.4, 0.5) is 5.69 Å². The van der Waals surface area contributed by atoms with E-state index in [4.69, 9.17) is 11.6 Å². The van der Waals surface area contributed by atoms with Gasteiger partial charge >= 0.3 is 0 Å². The number of halogens is 1. The lowest BCUT2D eigenvalue weighted by Crippen LogP contribution is -2.24. The predicted molar refractivity (Wildman–Crippen MR) is 134 cm³/mol. The molecule has 4 rings (SSSR count). The van der Waals surface area contributed by atoms with Gasteiger partial charge in [0.2, 0.25) is 5.91 Å². The molecule has 0 spiro atoms. The van der Waals surface area contributed by atoms with Crippen molar-refractivity contribution < 1.29 is 9.59 Å². The summed E-state index contributed by atoms with van der Waals surface area (Å²) in [6, 6.07) is 25.7. The Morgan fingerprint density at radius 3 is 2.26 bits per heavy atom. The van der Waals surface area contributed by atoms with E-state index in [0.717, 1.165) is 11.4 Å². The molecule has 0 aliphatic heterocycles. The number of rotatable bonds is 9. The Kier molecular flexibility index (Phi) is 7.95. The van der Waals surface area contributed by atoms with Crippen LogP contribution in [0.25, 0.3) is 5.69 Å². The molecule has 7 nitrogen and oxygen atoms in total. The van der Waals surface area contributed by atoms with Gasteiger partial charge in [-0.05, 0) is 48.5 Å². The molecule has 3 aromatic carbocycles. The Labute approximate surface area is 206 Å². The Hall–Kier alpha value is -3.62. The van der Waals surface area contributed by atoms with Gasteiger partial charge in [0, 0.05) is 34.1 Å². The topological polar surface area (TPSA) is 88.9 Å². The SMILES string of the molecule is O=C(CCSc1nnc(CNC(=O)c2ccc(Cl)cc2)n1-c1ccccc1)Nc1ccccc1. The van der Waals surface area contributed by atoms with Gasteiger partial charge in [-0.2, -0.15) is 0 Å². The first-order chi connectivity index (χ1) is 16.6. The maximum Gasteiger partial charge on any atom is 0.251 e. The average Bonchev–Trinajstić information content (AvgIpc) is 3.27. The first-order valence-corrected chi connectivity index (χ1v) is 12.0. The molecule has 0 saturated carbocycles. The smallest absolute Gasteiger partial charge is 0.251 e. The van der Waals surface area contributed by atoms with Gasteiger partial charge in [0.25, 0.3) is 5.91 Å². The molecule has 34 heavy (non-hydrogen) atoms. The van der Waals surface area contributed by atoms with Gasteiger partial charge in [0.1, 0.15) is 0 Å². The van der Waals surface area contributed by atoms with E-state index in [9.17, 15) is 9.59 Å². The van der Waals surface area contributed by atoms with Gasteiger partial charge in [-0.1, -0.05) is 59.8 Å². The number of hydrogen-bond acceptors (Lipinski definition) is 5. The molecule has 0 aliphatic carbocycles. The van der Waals surface area contributed by atoms with Crippen LogP contribution in [-0.4, -0.2) is 32.3 Å². The normalized spacial score (nSPS) is 10.6. The molecule has 2 N–H and O–H groups in total. The molecule has 2 amide bonds. The molecule has 0 saturated heterocycles. The Morgan fingerprint density at radius 1 is 0.882 bits per heavy atom. The minimum Gasteiger partial charge on any atom is -0.345 e. The van der Waals surface area contributed by atoms with Crippen LogP contribution in [0, 0.1) is 0 Å². The summed E-state index contributed by atoms with van der Waals surface area (Å²) in [7, 11) is 0. The highest BCUT2D eigenvalue weighted by Gasteiger charge is 2.16. The molecule has 0 unspecified atom stereocenters. The third-order valence-electron chi connectivity index (χ3n) is 4.85. The lowest BCUT2D eigenvalue weighted by molar-refractivity contribution is -0.115. The van der Waals surface area contributed by atoms with Crippen molar-refractivity contribution in [1.29, 1.82) is 0 Å². The molecular weight excluding hydrogens is 470 g/mol. The summed E-state index contributed by atoms with van der Waals surface area (Å²) >= 11 is 7.34. The number of carbonyl (C=O) groups excluding carboxylic acids is 2. The minimum absolute atomic E-state index is 0.0695. The second kappa shape index (κ2) is 11.5. The Morgan fingerprint density at radius 2 is 1.56 bits per heavy atom. The van der Waals surface area contributed by atoms with E-state index in [2.05, 4.69) is 20.8 Å². The Balaban J connectivity index is 1.42. The molecule has 0 bridgehead atoms. The van der Waals surface area contributed by atoms with Gasteiger partial charge in [-0.15, -0.1) is 10.2 Å². The molecule has 0 radical (unpaired) electrons. The minimum atomic E-state index is -0.230. The maximum absolute atomic E-state index is 12.5. The fourth-order valence-corrected chi connectivity index (χ4v) is 4.22. The summed E-state index contributed by atoms with van der Waals surface area (Å²) in [6.07, 6.45) is 0.323. The first-order valence-electron chi connectivity index (χ1n) is 10.6. The van der Waals surface area contributed by atoms with Gasteiger partial charge < -0.3 is 10.6 Å². The number of carbonyl (C=O) groups is 2. The van der Waals surface area contributed by atoms with Crippen LogP contribution in [0.3, 0.4) is 0 Å². The highest BCUT2D eigenvalue weighted by Crippen LogP contribution is 2.23. The summed E-state index contributed by atoms with van der Waals surface area (Å²) in [5.41, 5.74) is 2.15. The number of aromatic nitrogens is 3. The van der Waals surface area contributed by atoms with Crippen molar-refractivity contribution >= 4 is 40.9 Å². The zero-order valence-corrected chi connectivity index (χ0v) is 19.7. The second-order valence-electron chi connectivity index (χ2n) is 7.27. The fourth-order valence-electron chi connectivity index (χ4n) is 3.19. The van der Waals surface area contributed by atoms with Crippen LogP contribution >= 0.6 is 23.4 Å². The van der Waals surface area contributed by atoms with Gasteiger partial charge in [-0.3, -0.25) is 14.2 Å². The summed E-state index contributed by atoms with van der Waals surface area (Å²) < 4.78 is 1.89. The van der Waals surface area contributed by atoms with E-state index < -0.39 is 0 Å². The average molecular weight is 492 g/mol. The van der Waals surface area contributed by atoms with Crippen LogP contribution < -0.4 is 10.6 Å². The van der Waals surface area contributed by atoms with E-state index >= 15 is 0 Å². The molecule has 0 aliphatic rings. The quantitative estimate of drug-likeness (QED) is 0.323. The summed E-state index contributed by atoms with van der Waals surface area (Å²) in [4.78, 5) is 24.8. The third kappa shape index (κ3) is 6.24. The van der Waals surface area contributed by atoms with E-state index in [1.54, 1.807) is 24.3 Å². The van der Waals surface area contributed by atoms with Crippen LogP contribution in [0.1, 0.15) is 22.6 Å². The second-order valence-corrected chi connectivity index (χ2v) is 8.77. The number of thioether (sulfide) groups is 1. The molecular formula is C25H22ClN5O2S. The largest absolute Gasteiger partial charge is 0.345 e. The zero-order valence-electron chi connectivity index (χ0n) is 18.1. The number of anilines is 1. The number of amides is 2. The molecule has 1 aromatic heterocycles. The summed E-state index contributed by atoms with van der Waals surface area (Å²) in [5.74, 6) is 0.816. The highest BCUT2D eigenvalue weighted by atomic mass is 35.5. The lowest BCUT2D eigenvalue weighted by atomic mass is 10.2. The van der Waals surface area contributed by atoms with E-state index in [0.29, 0.717) is 33.7 Å². The van der Waals surface area contributed by atoms with Crippen molar-refractivity contribution in [3.05, 3.63) is 101 Å². The van der Waals surface area contributed by atoms with Crippen molar-refractivity contribution in [2.75, 3.05) is 11.1 Å². The van der Waals surface area contributed by atoms with Gasteiger partial charge in [-0.25, -0.2) is 0 Å². The molecule has 4 aromatic rings. The maximum atomic E-state index is 12.5. The zero-order chi connectivity index (χ0) is 23.8. The van der Waals surface area contributed by atoms with E-state index in [-0.39, 0.29) is 18.4 Å². The molecule has 0 atom stereocenters. The van der Waals surface area contributed by atoms with Crippen molar-refractivity contribution in [3.63, 3.8) is 0 Å². The van der Waals surface area contributed by atoms with Crippen LogP contribution in [0.5, 0.6) is 0 Å². The predicted octanol–water partition coefficient (Wildman–Crippen LogP) is 4.97. The number of para-hydroxylation sites is 2. The Bertz CT molecular complexity index is 1250. The van der Waals surface area contributed by atoms with Crippen molar-refractivity contribution in [2.24, 2.45) is 0 Å². The van der Waals surface area contributed by atoms with Crippen molar-refractivity contribution in [3.8, 4) is 5.69 Å². The van der Waals surface area contributed by atoms with Crippen LogP contribution in [-0.2, 0) is 11.3 Å². The molecule has 1 heterocycles. The molecule has 172 valence electrons. The highest BCUT2D eigenvalue weighted by molar-refractivity contribution is 7.99. The number of nitrogens with one attached hydrogen (secondary N) is 2. The fraction of sp³-hybridized carbons (Fsp3) is 0.120. The molecule has 0 fully saturated rings. The van der Waals surface area contributed by atoms with Gasteiger partial charge in [0.05, 0.1) is 6.54 Å². The molecule has 9 heteroatoms. The van der Waals surface area contributed by atoms with Crippen LogP contribution in [0.2, 0.25) is 5.02 Å². The number of hydrogen-bond donors (Lipinski definition) is 2. The van der Waals surface area contributed by atoms with Crippen molar-refractivity contribution in [2.45, 2.75) is 18.1 Å². The van der Waals surface area contributed by atoms with E-state index in [1.807, 2.05) is 65.2 Å². The standard InChI is InChI=1S/C25H22ClN5O2S/c26-19-13-11-18(12-14-19)24(33)27-17-22-29-30-25(31(22)21-9-5-2-6-10-21)34-16-15-23(32)28-20-7-3-1-4-8-20/h1-14H,15-17H2,(H,27,33)(H,28,32). The number of benzene rings is 3. The van der Waals surface area contributed by atoms with E-state index in [1.165, 1.54) is 11.8 Å². The lowest BCUT2D eigenvalue weighted by Gasteiger charge is -2.11. The number of nitrogens with zero attached hydrogens (tertiary/aromatic N) is 3.